The zero-order chi connectivity index (χ0) is 28.2. The fourth-order valence-electron chi connectivity index (χ4n) is 4.89. The van der Waals surface area contributed by atoms with Gasteiger partial charge in [-0.25, -0.2) is 9.78 Å². The van der Waals surface area contributed by atoms with Crippen molar-refractivity contribution in [1.82, 2.24) is 14.9 Å². The number of hydrogen-bond donors (Lipinski definition) is 2. The topological polar surface area (TPSA) is 101 Å². The summed E-state index contributed by atoms with van der Waals surface area (Å²) in [5.74, 6) is -0.966. The number of imidazole rings is 1. The normalized spacial score (nSPS) is 10.9. The molecule has 0 unspecified atom stereocenters. The van der Waals surface area contributed by atoms with Gasteiger partial charge in [0.15, 0.2) is 0 Å². The molecule has 5 aromatic rings. The smallest absolute Gasteiger partial charge is 0.336 e. The zero-order valence-corrected chi connectivity index (χ0v) is 22.3. The summed E-state index contributed by atoms with van der Waals surface area (Å²) in [7, 11) is 0. The van der Waals surface area contributed by atoms with Crippen LogP contribution in [0.5, 0.6) is 0 Å². The van der Waals surface area contributed by atoms with E-state index in [9.17, 15) is 19.5 Å². The van der Waals surface area contributed by atoms with E-state index >= 15 is 0 Å². The van der Waals surface area contributed by atoms with Crippen LogP contribution in [0.3, 0.4) is 0 Å². The number of carbonyl (C=O) groups is 3. The van der Waals surface area contributed by atoms with Crippen LogP contribution in [0.25, 0.3) is 22.2 Å². The van der Waals surface area contributed by atoms with Gasteiger partial charge in [-0.2, -0.15) is 0 Å². The lowest BCUT2D eigenvalue weighted by atomic mass is 9.98. The molecule has 7 nitrogen and oxygen atoms in total. The van der Waals surface area contributed by atoms with E-state index in [0.717, 1.165) is 46.4 Å². The lowest BCUT2D eigenvalue weighted by Gasteiger charge is -2.12. The van der Waals surface area contributed by atoms with Gasteiger partial charge in [-0.3, -0.25) is 14.9 Å². The second kappa shape index (κ2) is 11.4. The van der Waals surface area contributed by atoms with Crippen molar-refractivity contribution in [3.8, 4) is 11.1 Å². The van der Waals surface area contributed by atoms with Crippen molar-refractivity contribution < 1.29 is 19.5 Å². The third-order valence-electron chi connectivity index (χ3n) is 6.89. The Balaban J connectivity index is 1.47. The number of aromatic nitrogens is 2. The monoisotopic (exact) mass is 531 g/mol. The highest BCUT2D eigenvalue weighted by Crippen LogP contribution is 2.27. The van der Waals surface area contributed by atoms with Crippen LogP contribution in [0.4, 0.5) is 0 Å². The molecule has 40 heavy (non-hydrogen) atoms. The molecule has 5 rings (SSSR count). The van der Waals surface area contributed by atoms with Gasteiger partial charge in [-0.1, -0.05) is 67.6 Å². The number of fused-ring (bicyclic) bond motifs is 1. The second-order valence-corrected chi connectivity index (χ2v) is 9.72. The number of nitrogens with zero attached hydrogens (tertiary/aromatic N) is 2. The molecular formula is C33H29N3O4. The molecule has 2 amide bonds. The zero-order valence-electron chi connectivity index (χ0n) is 22.3. The van der Waals surface area contributed by atoms with Gasteiger partial charge in [0.05, 0.1) is 16.6 Å². The van der Waals surface area contributed by atoms with Crippen molar-refractivity contribution in [2.24, 2.45) is 0 Å². The summed E-state index contributed by atoms with van der Waals surface area (Å²) in [6, 6.07) is 27.0. The highest BCUT2D eigenvalue weighted by molar-refractivity contribution is 6.11. The molecule has 0 atom stereocenters. The summed E-state index contributed by atoms with van der Waals surface area (Å²) in [5.41, 5.74) is 6.06. The van der Waals surface area contributed by atoms with Crippen LogP contribution in [-0.4, -0.2) is 32.4 Å². The minimum atomic E-state index is -0.963. The van der Waals surface area contributed by atoms with Gasteiger partial charge >= 0.3 is 5.97 Å². The molecule has 0 saturated carbocycles. The van der Waals surface area contributed by atoms with Crippen LogP contribution in [0.15, 0.2) is 91.0 Å². The summed E-state index contributed by atoms with van der Waals surface area (Å²) in [5, 5.41) is 12.1. The Kier molecular flexibility index (Phi) is 7.55. The van der Waals surface area contributed by atoms with E-state index in [2.05, 4.69) is 16.8 Å². The molecule has 7 heteroatoms. The van der Waals surface area contributed by atoms with Crippen LogP contribution >= 0.6 is 0 Å². The first-order chi connectivity index (χ1) is 19.4. The number of nitrogens with one attached hydrogen (secondary N) is 1. The van der Waals surface area contributed by atoms with Crippen molar-refractivity contribution in [3.63, 3.8) is 0 Å². The Hall–Kier alpha value is -5.04. The molecule has 2 N–H and O–H groups in total. The number of hydrogen-bond acceptors (Lipinski definition) is 4. The van der Waals surface area contributed by atoms with Gasteiger partial charge in [-0.05, 0) is 65.9 Å². The lowest BCUT2D eigenvalue weighted by Crippen LogP contribution is -2.30. The van der Waals surface area contributed by atoms with Crippen molar-refractivity contribution in [1.29, 1.82) is 0 Å². The summed E-state index contributed by atoms with van der Waals surface area (Å²) >= 11 is 0. The van der Waals surface area contributed by atoms with Crippen molar-refractivity contribution >= 4 is 28.8 Å². The van der Waals surface area contributed by atoms with Crippen LogP contribution in [0.1, 0.15) is 61.4 Å². The molecule has 0 aliphatic heterocycles. The maximum atomic E-state index is 13.1. The predicted octanol–water partition coefficient (Wildman–Crippen LogP) is 6.28. The maximum absolute atomic E-state index is 13.1. The molecule has 0 fully saturated rings. The highest BCUT2D eigenvalue weighted by Gasteiger charge is 2.18. The molecule has 0 radical (unpaired) electrons. The Morgan fingerprint density at radius 3 is 2.23 bits per heavy atom. The van der Waals surface area contributed by atoms with Crippen LogP contribution in [-0.2, 0) is 13.0 Å². The summed E-state index contributed by atoms with van der Waals surface area (Å²) < 4.78 is 2.11. The Bertz CT molecular complexity index is 1720. The number of aryl methyl sites for hydroxylation is 2. The summed E-state index contributed by atoms with van der Waals surface area (Å²) in [6.45, 7) is 4.54. The van der Waals surface area contributed by atoms with Gasteiger partial charge in [0.1, 0.15) is 5.82 Å². The van der Waals surface area contributed by atoms with E-state index in [1.165, 1.54) is 0 Å². The molecule has 0 bridgehead atoms. The van der Waals surface area contributed by atoms with E-state index in [1.807, 2.05) is 43.3 Å². The Labute approximate surface area is 232 Å². The molecule has 0 saturated heterocycles. The third-order valence-corrected chi connectivity index (χ3v) is 6.89. The van der Waals surface area contributed by atoms with Crippen molar-refractivity contribution in [3.05, 3.63) is 125 Å². The molecule has 1 heterocycles. The molecule has 200 valence electrons. The van der Waals surface area contributed by atoms with Gasteiger partial charge in [0, 0.05) is 24.1 Å². The van der Waals surface area contributed by atoms with Gasteiger partial charge in [-0.15, -0.1) is 0 Å². The first-order valence-corrected chi connectivity index (χ1v) is 13.2. The van der Waals surface area contributed by atoms with Gasteiger partial charge in [0.2, 0.25) is 0 Å². The quantitative estimate of drug-likeness (QED) is 0.230. The highest BCUT2D eigenvalue weighted by atomic mass is 16.4. The number of carboxylic acids is 1. The number of rotatable bonds is 8. The standard InChI is InChI=1S/C33H29N3O4/c1-3-9-29-34-30-21(2)18-25(32(38)35-31(37)24-10-5-4-6-11-24)19-28(30)36(29)20-22-14-16-23(17-15-22)26-12-7-8-13-27(26)33(39)40/h4-8,10-19H,3,9,20H2,1-2H3,(H,39,40)(H,35,37,38). The Morgan fingerprint density at radius 2 is 1.52 bits per heavy atom. The van der Waals surface area contributed by atoms with Gasteiger partial charge < -0.3 is 9.67 Å². The van der Waals surface area contributed by atoms with Crippen LogP contribution < -0.4 is 5.32 Å². The number of amides is 2. The number of carboxylic acid groups (broad SMARTS) is 1. The van der Waals surface area contributed by atoms with E-state index in [4.69, 9.17) is 4.98 Å². The van der Waals surface area contributed by atoms with Crippen molar-refractivity contribution in [2.45, 2.75) is 33.2 Å². The molecule has 4 aromatic carbocycles. The second-order valence-electron chi connectivity index (χ2n) is 9.72. The number of aromatic carboxylic acids is 1. The van der Waals surface area contributed by atoms with Gasteiger partial charge in [0.25, 0.3) is 11.8 Å². The predicted molar refractivity (Wildman–Crippen MR) is 155 cm³/mol. The maximum Gasteiger partial charge on any atom is 0.336 e. The minimum absolute atomic E-state index is 0.258. The van der Waals surface area contributed by atoms with Crippen LogP contribution in [0.2, 0.25) is 0 Å². The Morgan fingerprint density at radius 1 is 0.850 bits per heavy atom. The lowest BCUT2D eigenvalue weighted by molar-refractivity contribution is 0.0696. The molecular weight excluding hydrogens is 502 g/mol. The first-order valence-electron chi connectivity index (χ1n) is 13.2. The molecule has 0 aliphatic carbocycles. The van der Waals surface area contributed by atoms with E-state index in [-0.39, 0.29) is 5.56 Å². The summed E-state index contributed by atoms with van der Waals surface area (Å²) in [4.78, 5) is 42.2. The van der Waals surface area contributed by atoms with E-state index in [1.54, 1.807) is 54.6 Å². The minimum Gasteiger partial charge on any atom is -0.478 e. The molecule has 0 spiro atoms. The third kappa shape index (κ3) is 5.40. The fraction of sp³-hybridized carbons (Fsp3) is 0.152. The summed E-state index contributed by atoms with van der Waals surface area (Å²) in [6.07, 6.45) is 1.68. The average molecular weight is 532 g/mol. The molecule has 1 aromatic heterocycles. The van der Waals surface area contributed by atoms with E-state index in [0.29, 0.717) is 23.2 Å². The van der Waals surface area contributed by atoms with Crippen molar-refractivity contribution in [2.75, 3.05) is 0 Å². The van der Waals surface area contributed by atoms with Crippen LogP contribution in [0, 0.1) is 6.92 Å². The molecule has 0 aliphatic rings. The number of imide groups is 1. The fourth-order valence-corrected chi connectivity index (χ4v) is 4.89. The number of carbonyl (C=O) groups excluding carboxylic acids is 2. The largest absolute Gasteiger partial charge is 0.478 e. The SMILES string of the molecule is CCCc1nc2c(C)cc(C(=O)NC(=O)c3ccccc3)cc2n1Cc1ccc(-c2ccccc2C(=O)O)cc1. The van der Waals surface area contributed by atoms with E-state index < -0.39 is 17.8 Å². The average Bonchev–Trinajstić information content (AvgIpc) is 3.31. The number of benzene rings is 4. The first kappa shape index (κ1) is 26.6.